The van der Waals surface area contributed by atoms with Crippen molar-refractivity contribution in [2.24, 2.45) is 0 Å². The molecule has 154 valence electrons. The Labute approximate surface area is 172 Å². The minimum absolute atomic E-state index is 0.0114. The lowest BCUT2D eigenvalue weighted by Crippen LogP contribution is -2.48. The molecule has 1 heterocycles. The van der Waals surface area contributed by atoms with Gasteiger partial charge < -0.3 is 19.9 Å². The van der Waals surface area contributed by atoms with Crippen LogP contribution < -0.4 is 15.0 Å². The predicted octanol–water partition coefficient (Wildman–Crippen LogP) is 3.19. The van der Waals surface area contributed by atoms with Crippen LogP contribution in [0.5, 0.6) is 5.75 Å². The molecule has 1 fully saturated rings. The van der Waals surface area contributed by atoms with E-state index in [1.54, 1.807) is 31.4 Å². The number of rotatable bonds is 7. The maximum absolute atomic E-state index is 12.8. The lowest BCUT2D eigenvalue weighted by atomic mass is 10.1. The number of nitrogens with zero attached hydrogens (tertiary/aromatic N) is 2. The van der Waals surface area contributed by atoms with E-state index >= 15 is 0 Å². The van der Waals surface area contributed by atoms with Gasteiger partial charge in [0, 0.05) is 49.5 Å². The van der Waals surface area contributed by atoms with Crippen molar-refractivity contribution in [2.45, 2.75) is 19.8 Å². The Balaban J connectivity index is 1.54. The summed E-state index contributed by atoms with van der Waals surface area (Å²) in [5, 5.41) is 2.89. The molecule has 1 saturated heterocycles. The van der Waals surface area contributed by atoms with Crippen molar-refractivity contribution in [3.05, 3.63) is 59.7 Å². The number of hydrogen-bond acceptors (Lipinski definition) is 4. The molecule has 2 aromatic carbocycles. The highest BCUT2D eigenvalue weighted by Gasteiger charge is 2.22. The summed E-state index contributed by atoms with van der Waals surface area (Å²) in [7, 11) is 1.66. The average molecular weight is 396 g/mol. The van der Waals surface area contributed by atoms with Crippen LogP contribution in [0, 0.1) is 0 Å². The molecule has 2 aromatic rings. The molecule has 0 unspecified atom stereocenters. The smallest absolute Gasteiger partial charge is 0.253 e. The number of carbonyl (C=O) groups excluding carboxylic acids is 2. The SMILES string of the molecule is CCCCNC(=O)c1ccc(C(=O)N2CCN(c3ccc(OC)cc3)CC2)cc1. The maximum Gasteiger partial charge on any atom is 0.253 e. The van der Waals surface area contributed by atoms with Crippen LogP contribution in [0.3, 0.4) is 0 Å². The first-order chi connectivity index (χ1) is 14.1. The highest BCUT2D eigenvalue weighted by Crippen LogP contribution is 2.21. The standard InChI is InChI=1S/C23H29N3O3/c1-3-4-13-24-22(27)18-5-7-19(8-6-18)23(28)26-16-14-25(15-17-26)20-9-11-21(29-2)12-10-20/h5-12H,3-4,13-17H2,1-2H3,(H,24,27). The van der Waals surface area contributed by atoms with Crippen molar-refractivity contribution in [2.75, 3.05) is 44.7 Å². The quantitative estimate of drug-likeness (QED) is 0.732. The molecule has 1 aliphatic heterocycles. The number of nitrogens with one attached hydrogen (secondary N) is 1. The molecular weight excluding hydrogens is 366 g/mol. The minimum atomic E-state index is -0.0921. The van der Waals surface area contributed by atoms with E-state index in [1.165, 1.54) is 0 Å². The fourth-order valence-electron chi connectivity index (χ4n) is 3.39. The first-order valence-electron chi connectivity index (χ1n) is 10.2. The molecule has 1 aliphatic rings. The van der Waals surface area contributed by atoms with Crippen molar-refractivity contribution in [3.8, 4) is 5.75 Å². The van der Waals surface area contributed by atoms with Crippen molar-refractivity contribution in [1.29, 1.82) is 0 Å². The maximum atomic E-state index is 12.8. The highest BCUT2D eigenvalue weighted by molar-refractivity contribution is 5.97. The number of carbonyl (C=O) groups is 2. The van der Waals surface area contributed by atoms with Crippen molar-refractivity contribution in [1.82, 2.24) is 10.2 Å². The number of hydrogen-bond donors (Lipinski definition) is 1. The molecule has 0 spiro atoms. The second-order valence-corrected chi connectivity index (χ2v) is 7.16. The lowest BCUT2D eigenvalue weighted by Gasteiger charge is -2.36. The monoisotopic (exact) mass is 395 g/mol. The van der Waals surface area contributed by atoms with Gasteiger partial charge in [-0.05, 0) is 55.0 Å². The van der Waals surface area contributed by atoms with Gasteiger partial charge in [0.05, 0.1) is 7.11 Å². The van der Waals surface area contributed by atoms with Crippen molar-refractivity contribution >= 4 is 17.5 Å². The topological polar surface area (TPSA) is 61.9 Å². The second kappa shape index (κ2) is 9.96. The van der Waals surface area contributed by atoms with E-state index in [-0.39, 0.29) is 11.8 Å². The van der Waals surface area contributed by atoms with Crippen LogP contribution in [0.25, 0.3) is 0 Å². The molecule has 0 aliphatic carbocycles. The zero-order valence-corrected chi connectivity index (χ0v) is 17.2. The Morgan fingerprint density at radius 1 is 0.931 bits per heavy atom. The predicted molar refractivity (Wildman–Crippen MR) is 115 cm³/mol. The molecule has 2 amide bonds. The van der Waals surface area contributed by atoms with Crippen LogP contribution in [-0.4, -0.2) is 56.5 Å². The number of unbranched alkanes of at least 4 members (excludes halogenated alkanes) is 1. The van der Waals surface area contributed by atoms with Crippen LogP contribution in [0.1, 0.15) is 40.5 Å². The first-order valence-corrected chi connectivity index (χ1v) is 10.2. The fourth-order valence-corrected chi connectivity index (χ4v) is 3.39. The van der Waals surface area contributed by atoms with Gasteiger partial charge in [-0.15, -0.1) is 0 Å². The number of piperazine rings is 1. The fraction of sp³-hybridized carbons (Fsp3) is 0.391. The zero-order valence-electron chi connectivity index (χ0n) is 17.2. The molecular formula is C23H29N3O3. The molecule has 0 atom stereocenters. The summed E-state index contributed by atoms with van der Waals surface area (Å²) in [6, 6.07) is 14.9. The average Bonchev–Trinajstić information content (AvgIpc) is 2.79. The summed E-state index contributed by atoms with van der Waals surface area (Å²) >= 11 is 0. The zero-order chi connectivity index (χ0) is 20.6. The molecule has 0 bridgehead atoms. The normalized spacial score (nSPS) is 13.9. The molecule has 1 N–H and O–H groups in total. The Kier molecular flexibility index (Phi) is 7.11. The van der Waals surface area contributed by atoms with Crippen molar-refractivity contribution < 1.29 is 14.3 Å². The summed E-state index contributed by atoms with van der Waals surface area (Å²) in [5.74, 6) is 0.757. The van der Waals surface area contributed by atoms with E-state index in [9.17, 15) is 9.59 Å². The lowest BCUT2D eigenvalue weighted by molar-refractivity contribution is 0.0746. The highest BCUT2D eigenvalue weighted by atomic mass is 16.5. The van der Waals surface area contributed by atoms with Crippen LogP contribution in [0.4, 0.5) is 5.69 Å². The third kappa shape index (κ3) is 5.28. The van der Waals surface area contributed by atoms with Gasteiger partial charge in [-0.1, -0.05) is 13.3 Å². The van der Waals surface area contributed by atoms with Crippen LogP contribution in [-0.2, 0) is 0 Å². The van der Waals surface area contributed by atoms with Gasteiger partial charge in [0.25, 0.3) is 11.8 Å². The van der Waals surface area contributed by atoms with Gasteiger partial charge in [-0.25, -0.2) is 0 Å². The number of methoxy groups -OCH3 is 1. The van der Waals surface area contributed by atoms with Gasteiger partial charge in [0.2, 0.25) is 0 Å². The summed E-state index contributed by atoms with van der Waals surface area (Å²) in [5.41, 5.74) is 2.34. The Morgan fingerprint density at radius 2 is 1.55 bits per heavy atom. The van der Waals surface area contributed by atoms with Gasteiger partial charge >= 0.3 is 0 Å². The van der Waals surface area contributed by atoms with Gasteiger partial charge in [0.1, 0.15) is 5.75 Å². The molecule has 29 heavy (non-hydrogen) atoms. The van der Waals surface area contributed by atoms with E-state index < -0.39 is 0 Å². The number of amides is 2. The summed E-state index contributed by atoms with van der Waals surface area (Å²) < 4.78 is 5.21. The molecule has 3 rings (SSSR count). The summed E-state index contributed by atoms with van der Waals surface area (Å²) in [6.45, 7) is 5.68. The summed E-state index contributed by atoms with van der Waals surface area (Å²) in [6.07, 6.45) is 2.00. The third-order valence-electron chi connectivity index (χ3n) is 5.21. The Morgan fingerprint density at radius 3 is 2.14 bits per heavy atom. The van der Waals surface area contributed by atoms with Crippen LogP contribution in [0.15, 0.2) is 48.5 Å². The Hall–Kier alpha value is -3.02. The van der Waals surface area contributed by atoms with Gasteiger partial charge in [0.15, 0.2) is 0 Å². The van der Waals surface area contributed by atoms with E-state index in [2.05, 4.69) is 17.1 Å². The minimum Gasteiger partial charge on any atom is -0.497 e. The van der Waals surface area contributed by atoms with Gasteiger partial charge in [-0.3, -0.25) is 9.59 Å². The van der Waals surface area contributed by atoms with E-state index in [0.29, 0.717) is 30.8 Å². The van der Waals surface area contributed by atoms with Crippen LogP contribution in [0.2, 0.25) is 0 Å². The first kappa shape index (κ1) is 20.7. The third-order valence-corrected chi connectivity index (χ3v) is 5.21. The number of ether oxygens (including phenoxy) is 1. The largest absolute Gasteiger partial charge is 0.497 e. The Bertz CT molecular complexity index is 810. The summed E-state index contributed by atoms with van der Waals surface area (Å²) in [4.78, 5) is 29.0. The van der Waals surface area contributed by atoms with Gasteiger partial charge in [-0.2, -0.15) is 0 Å². The number of benzene rings is 2. The van der Waals surface area contributed by atoms with E-state index in [0.717, 1.165) is 37.4 Å². The molecule has 6 heteroatoms. The molecule has 0 aromatic heterocycles. The molecule has 0 radical (unpaired) electrons. The van der Waals surface area contributed by atoms with Crippen molar-refractivity contribution in [3.63, 3.8) is 0 Å². The van der Waals surface area contributed by atoms with E-state index in [1.807, 2.05) is 29.2 Å². The molecule has 0 saturated carbocycles. The second-order valence-electron chi connectivity index (χ2n) is 7.16. The number of anilines is 1. The van der Waals surface area contributed by atoms with Crippen LogP contribution >= 0.6 is 0 Å². The van der Waals surface area contributed by atoms with E-state index in [4.69, 9.17) is 4.74 Å². The molecule has 6 nitrogen and oxygen atoms in total.